The SMILES string of the molecule is [C-]#[N+]C12NC(=O)NC1(Cc1cc(C(C)(C)C)c(O)c(C(C)(C)C)c1)C(=O)N(Cc1cc(C(C)(C)C)c(O)c(C(C)(C)C)c1)C(=O)N2Cc1cc(C(C)(C)C)c(O)c(C(C)(C)C)c1. The van der Waals surface area contributed by atoms with Gasteiger partial charge in [-0.2, -0.15) is 0 Å². The molecule has 0 spiro atoms. The highest BCUT2D eigenvalue weighted by Gasteiger charge is 2.78. The number of nitrogens with one attached hydrogen (secondary N) is 2. The molecule has 3 aromatic carbocycles. The van der Waals surface area contributed by atoms with Gasteiger partial charge in [0.2, 0.25) is 5.54 Å². The van der Waals surface area contributed by atoms with Crippen molar-refractivity contribution in [2.45, 2.75) is 188 Å². The van der Waals surface area contributed by atoms with Gasteiger partial charge in [0.05, 0.1) is 13.1 Å². The summed E-state index contributed by atoms with van der Waals surface area (Å²) < 4.78 is 0. The lowest BCUT2D eigenvalue weighted by Crippen LogP contribution is -2.80. The highest BCUT2D eigenvalue weighted by molar-refractivity contribution is 6.08. The van der Waals surface area contributed by atoms with Crippen LogP contribution in [0.1, 0.15) is 175 Å². The first-order valence-corrected chi connectivity index (χ1v) is 21.6. The Morgan fingerprint density at radius 3 is 1.13 bits per heavy atom. The summed E-state index contributed by atoms with van der Waals surface area (Å²) in [4.78, 5) is 51.6. The molecule has 2 heterocycles. The highest BCUT2D eigenvalue weighted by atomic mass is 16.3. The molecule has 5 amide bonds. The van der Waals surface area contributed by atoms with Gasteiger partial charge in [-0.1, -0.05) is 137 Å². The second-order valence-electron chi connectivity index (χ2n) is 23.8. The Labute approximate surface area is 370 Å². The number of hydrogen-bond donors (Lipinski definition) is 5. The summed E-state index contributed by atoms with van der Waals surface area (Å²) in [6.45, 7) is 44.2. The Morgan fingerprint density at radius 1 is 0.516 bits per heavy atom. The molecule has 11 nitrogen and oxygen atoms in total. The lowest BCUT2D eigenvalue weighted by Gasteiger charge is -2.48. The van der Waals surface area contributed by atoms with Crippen LogP contribution >= 0.6 is 0 Å². The average molecular weight is 850 g/mol. The van der Waals surface area contributed by atoms with Crippen molar-refractivity contribution in [3.8, 4) is 17.2 Å². The first-order valence-electron chi connectivity index (χ1n) is 21.6. The van der Waals surface area contributed by atoms with Gasteiger partial charge in [-0.05, 0) is 107 Å². The van der Waals surface area contributed by atoms with Crippen molar-refractivity contribution in [3.05, 3.63) is 97.9 Å². The Bertz CT molecular complexity index is 2260. The molecule has 11 heteroatoms. The van der Waals surface area contributed by atoms with Gasteiger partial charge < -0.3 is 20.6 Å². The van der Waals surface area contributed by atoms with E-state index in [0.717, 1.165) is 4.90 Å². The van der Waals surface area contributed by atoms with Gasteiger partial charge in [-0.3, -0.25) is 14.5 Å². The molecular formula is C51H71N5O6. The fourth-order valence-electron chi connectivity index (χ4n) is 8.90. The zero-order valence-electron chi connectivity index (χ0n) is 40.5. The number of phenols is 3. The molecule has 0 radical (unpaired) electrons. The molecule has 2 fully saturated rings. The second kappa shape index (κ2) is 14.9. The summed E-state index contributed by atoms with van der Waals surface area (Å²) in [6.07, 6.45) is -0.203. The number of rotatable bonds is 6. The van der Waals surface area contributed by atoms with Gasteiger partial charge in [0, 0.05) is 6.42 Å². The summed E-state index contributed by atoms with van der Waals surface area (Å²) in [5.41, 5.74) is 0.490. The van der Waals surface area contributed by atoms with Crippen LogP contribution < -0.4 is 10.6 Å². The molecule has 336 valence electrons. The third kappa shape index (κ3) is 8.34. The van der Waals surface area contributed by atoms with Crippen LogP contribution in [-0.4, -0.2) is 54.4 Å². The first-order chi connectivity index (χ1) is 27.9. The van der Waals surface area contributed by atoms with Crippen LogP contribution in [0.15, 0.2) is 36.4 Å². The van der Waals surface area contributed by atoms with Gasteiger partial charge >= 0.3 is 17.8 Å². The maximum absolute atomic E-state index is 15.7. The van der Waals surface area contributed by atoms with Crippen LogP contribution in [0.3, 0.4) is 0 Å². The van der Waals surface area contributed by atoms with E-state index in [1.807, 2.05) is 161 Å². The molecule has 5 rings (SSSR count). The number of amides is 5. The number of nitrogens with zero attached hydrogens (tertiary/aromatic N) is 3. The van der Waals surface area contributed by atoms with Gasteiger partial charge in [0.15, 0.2) is 0 Å². The van der Waals surface area contributed by atoms with Crippen LogP contribution in [-0.2, 0) is 56.8 Å². The number of carbonyl (C=O) groups excluding carboxylic acids is 3. The molecule has 2 saturated heterocycles. The number of urea groups is 2. The topological polar surface area (TPSA) is 147 Å². The molecule has 2 aliphatic heterocycles. The lowest BCUT2D eigenvalue weighted by molar-refractivity contribution is -0.146. The van der Waals surface area contributed by atoms with E-state index < -0.39 is 61.8 Å². The molecule has 0 aliphatic carbocycles. The van der Waals surface area contributed by atoms with Crippen LogP contribution in [0.4, 0.5) is 9.59 Å². The number of phenolic OH excluding ortho intramolecular Hbond substituents is 3. The van der Waals surface area contributed by atoms with E-state index in [4.69, 9.17) is 6.57 Å². The monoisotopic (exact) mass is 850 g/mol. The predicted molar refractivity (Wildman–Crippen MR) is 245 cm³/mol. The largest absolute Gasteiger partial charge is 0.507 e. The van der Waals surface area contributed by atoms with Crippen molar-refractivity contribution in [1.82, 2.24) is 20.4 Å². The van der Waals surface area contributed by atoms with Crippen molar-refractivity contribution in [1.29, 1.82) is 0 Å². The maximum Gasteiger partial charge on any atom is 0.428 e. The molecule has 0 saturated carbocycles. The summed E-state index contributed by atoms with van der Waals surface area (Å²) >= 11 is 0. The Hall–Kier alpha value is -5.24. The van der Waals surface area contributed by atoms with Gasteiger partial charge in [0.25, 0.3) is 5.91 Å². The van der Waals surface area contributed by atoms with Gasteiger partial charge in [-0.25, -0.2) is 26.4 Å². The number of fused-ring (bicyclic) bond motifs is 1. The average Bonchev–Trinajstić information content (AvgIpc) is 3.39. The molecular weight excluding hydrogens is 779 g/mol. The van der Waals surface area contributed by atoms with Crippen LogP contribution in [0, 0.1) is 6.57 Å². The minimum absolute atomic E-state index is 0.137. The van der Waals surface area contributed by atoms with E-state index in [9.17, 15) is 20.1 Å². The quantitative estimate of drug-likeness (QED) is 0.156. The van der Waals surface area contributed by atoms with E-state index in [1.165, 1.54) is 4.90 Å². The summed E-state index contributed by atoms with van der Waals surface area (Å²) in [5.74, 6) is -2.59. The van der Waals surface area contributed by atoms with Crippen molar-refractivity contribution < 1.29 is 29.7 Å². The maximum atomic E-state index is 15.7. The second-order valence-corrected chi connectivity index (χ2v) is 23.8. The van der Waals surface area contributed by atoms with Crippen molar-refractivity contribution in [2.24, 2.45) is 0 Å². The Morgan fingerprint density at radius 2 is 0.823 bits per heavy atom. The first kappa shape index (κ1) is 47.8. The van der Waals surface area contributed by atoms with E-state index in [0.29, 0.717) is 50.1 Å². The normalized spacial score (nSPS) is 20.2. The molecule has 2 atom stereocenters. The van der Waals surface area contributed by atoms with Crippen LogP contribution in [0.5, 0.6) is 17.2 Å². The molecule has 2 unspecified atom stereocenters. The summed E-state index contributed by atoms with van der Waals surface area (Å²) in [7, 11) is 0. The van der Waals surface area contributed by atoms with Crippen molar-refractivity contribution in [3.63, 3.8) is 0 Å². The van der Waals surface area contributed by atoms with Crippen molar-refractivity contribution >= 4 is 18.0 Å². The van der Waals surface area contributed by atoms with E-state index in [-0.39, 0.29) is 36.8 Å². The highest BCUT2D eigenvalue weighted by Crippen LogP contribution is 2.48. The third-order valence-corrected chi connectivity index (χ3v) is 12.3. The van der Waals surface area contributed by atoms with E-state index in [1.54, 1.807) is 0 Å². The molecule has 0 aromatic heterocycles. The van der Waals surface area contributed by atoms with Gasteiger partial charge in [-0.15, -0.1) is 0 Å². The zero-order valence-corrected chi connectivity index (χ0v) is 40.5. The van der Waals surface area contributed by atoms with Crippen molar-refractivity contribution in [2.75, 3.05) is 0 Å². The predicted octanol–water partition coefficient (Wildman–Crippen LogP) is 10.4. The van der Waals surface area contributed by atoms with Crippen LogP contribution in [0.2, 0.25) is 0 Å². The third-order valence-electron chi connectivity index (χ3n) is 12.3. The van der Waals surface area contributed by atoms with Gasteiger partial charge in [0.1, 0.15) is 17.2 Å². The minimum atomic E-state index is -2.25. The lowest BCUT2D eigenvalue weighted by atomic mass is 9.75. The summed E-state index contributed by atoms with van der Waals surface area (Å²) in [6, 6.07) is 9.39. The minimum Gasteiger partial charge on any atom is -0.507 e. The molecule has 3 aromatic rings. The van der Waals surface area contributed by atoms with E-state index >= 15 is 9.59 Å². The molecule has 62 heavy (non-hydrogen) atoms. The number of imide groups is 1. The molecule has 2 aliphatic rings. The standard InChI is InChI=1S/C51H71N5O6/c1-44(2,3)32-20-29(21-33(38(32)57)45(4,5)6)26-50-41(60)55(27-30-22-34(46(7,8)9)39(58)35(23-30)47(10,11)12)43(62)56(51(50,52-19)54-42(61)53-50)28-31-24-36(48(13,14)15)40(59)37(25-31)49(16,17)18/h20-25,57-59H,26-28H2,1-18H3,(H2,53,54,61). The Balaban J connectivity index is 1.86. The molecule has 5 N–H and O–H groups in total. The number of carbonyl (C=O) groups is 3. The zero-order chi connectivity index (χ0) is 47.3. The number of benzene rings is 3. The number of aromatic hydroxyl groups is 3. The smallest absolute Gasteiger partial charge is 0.428 e. The molecule has 0 bridgehead atoms. The number of hydrogen-bond acceptors (Lipinski definition) is 6. The summed E-state index contributed by atoms with van der Waals surface area (Å²) in [5, 5.41) is 40.6. The van der Waals surface area contributed by atoms with Crippen LogP contribution in [0.25, 0.3) is 4.85 Å². The Kier molecular flexibility index (Phi) is 11.5. The fourth-order valence-corrected chi connectivity index (χ4v) is 8.90. The fraction of sp³-hybridized carbons (Fsp3) is 0.569. The van der Waals surface area contributed by atoms with E-state index in [2.05, 4.69) is 15.5 Å².